The molecule has 1 aliphatic rings. The van der Waals surface area contributed by atoms with Crippen molar-refractivity contribution in [1.29, 1.82) is 0 Å². The molecule has 1 fully saturated rings. The van der Waals surface area contributed by atoms with E-state index in [0.717, 1.165) is 18.7 Å². The number of halogens is 1. The van der Waals surface area contributed by atoms with Crippen LogP contribution in [-0.4, -0.2) is 32.3 Å². The number of amides is 1. The van der Waals surface area contributed by atoms with Gasteiger partial charge in [-0.25, -0.2) is 9.18 Å². The van der Waals surface area contributed by atoms with Gasteiger partial charge in [-0.1, -0.05) is 6.07 Å². The van der Waals surface area contributed by atoms with Crippen LogP contribution in [0.2, 0.25) is 0 Å². The first-order chi connectivity index (χ1) is 8.19. The molecule has 1 aliphatic heterocycles. The molecule has 1 N–H and O–H groups in total. The van der Waals surface area contributed by atoms with Gasteiger partial charge >= 0.3 is 6.09 Å². The van der Waals surface area contributed by atoms with Gasteiger partial charge in [0, 0.05) is 18.8 Å². The number of anilines is 1. The van der Waals surface area contributed by atoms with E-state index in [0.29, 0.717) is 6.54 Å². The molecule has 5 heteroatoms. The fourth-order valence-corrected chi connectivity index (χ4v) is 2.01. The van der Waals surface area contributed by atoms with E-state index in [1.807, 2.05) is 11.0 Å². The van der Waals surface area contributed by atoms with Gasteiger partial charge in [-0.3, -0.25) is 0 Å². The number of alkyl carbamates (subject to hydrolysis) is 1. The molecular formula is C12H15FN2O2. The van der Waals surface area contributed by atoms with E-state index in [1.165, 1.54) is 19.2 Å². The third kappa shape index (κ3) is 2.87. The fourth-order valence-electron chi connectivity index (χ4n) is 2.01. The molecule has 1 saturated heterocycles. The molecule has 0 spiro atoms. The van der Waals surface area contributed by atoms with Gasteiger partial charge in [0.05, 0.1) is 13.2 Å². The molecule has 1 amide bonds. The molecule has 1 atom stereocenters. The standard InChI is InChI=1S/C12H15FN2O2/c1-17-12(16)14-10-5-6-15(8-10)11-4-2-3-9(13)7-11/h2-4,7,10H,5-6,8H2,1H3,(H,14,16). The lowest BCUT2D eigenvalue weighted by atomic mass is 10.3. The third-order valence-electron chi connectivity index (χ3n) is 2.87. The Morgan fingerprint density at radius 2 is 2.41 bits per heavy atom. The van der Waals surface area contributed by atoms with Crippen LogP contribution in [0, 0.1) is 5.82 Å². The summed E-state index contributed by atoms with van der Waals surface area (Å²) >= 11 is 0. The second kappa shape index (κ2) is 5.03. The number of methoxy groups -OCH3 is 1. The summed E-state index contributed by atoms with van der Waals surface area (Å²) in [5, 5.41) is 2.75. The molecule has 0 bridgehead atoms. The third-order valence-corrected chi connectivity index (χ3v) is 2.87. The van der Waals surface area contributed by atoms with Crippen molar-refractivity contribution in [2.24, 2.45) is 0 Å². The molecule has 1 unspecified atom stereocenters. The summed E-state index contributed by atoms with van der Waals surface area (Å²) in [5.74, 6) is -0.244. The van der Waals surface area contributed by atoms with Crippen molar-refractivity contribution in [2.45, 2.75) is 12.5 Å². The number of benzene rings is 1. The molecule has 1 aromatic carbocycles. The van der Waals surface area contributed by atoms with Crippen LogP contribution in [0.3, 0.4) is 0 Å². The first kappa shape index (κ1) is 11.7. The van der Waals surface area contributed by atoms with Gasteiger partial charge < -0.3 is 15.0 Å². The maximum Gasteiger partial charge on any atom is 0.407 e. The molecule has 92 valence electrons. The first-order valence-corrected chi connectivity index (χ1v) is 5.54. The van der Waals surface area contributed by atoms with Crippen molar-refractivity contribution in [3.63, 3.8) is 0 Å². The average molecular weight is 238 g/mol. The van der Waals surface area contributed by atoms with Crippen LogP contribution >= 0.6 is 0 Å². The Balaban J connectivity index is 1.96. The monoisotopic (exact) mass is 238 g/mol. The van der Waals surface area contributed by atoms with Crippen LogP contribution in [0.5, 0.6) is 0 Å². The Kier molecular flexibility index (Phi) is 3.46. The summed E-state index contributed by atoms with van der Waals surface area (Å²) in [7, 11) is 1.34. The molecule has 0 saturated carbocycles. The summed E-state index contributed by atoms with van der Waals surface area (Å²) in [6.45, 7) is 1.48. The summed E-state index contributed by atoms with van der Waals surface area (Å²) in [6.07, 6.45) is 0.419. The second-order valence-corrected chi connectivity index (χ2v) is 4.05. The Hall–Kier alpha value is -1.78. The van der Waals surface area contributed by atoms with Gasteiger partial charge in [0.25, 0.3) is 0 Å². The lowest BCUT2D eigenvalue weighted by Gasteiger charge is -2.18. The lowest BCUT2D eigenvalue weighted by Crippen LogP contribution is -2.36. The fraction of sp³-hybridized carbons (Fsp3) is 0.417. The summed E-state index contributed by atoms with van der Waals surface area (Å²) in [6, 6.07) is 6.53. The van der Waals surface area contributed by atoms with Crippen LogP contribution < -0.4 is 10.2 Å². The normalized spacial score (nSPS) is 19.2. The molecule has 1 heterocycles. The number of hydrogen-bond acceptors (Lipinski definition) is 3. The Bertz CT molecular complexity index is 411. The molecule has 4 nitrogen and oxygen atoms in total. The molecule has 1 aromatic rings. The number of nitrogens with one attached hydrogen (secondary N) is 1. The summed E-state index contributed by atoms with van der Waals surface area (Å²) < 4.78 is 17.6. The molecule has 0 radical (unpaired) electrons. The Morgan fingerprint density at radius 3 is 3.12 bits per heavy atom. The van der Waals surface area contributed by atoms with Crippen molar-refractivity contribution in [3.05, 3.63) is 30.1 Å². The lowest BCUT2D eigenvalue weighted by molar-refractivity contribution is 0.167. The van der Waals surface area contributed by atoms with Crippen LogP contribution in [0.25, 0.3) is 0 Å². The maximum atomic E-state index is 13.1. The number of rotatable bonds is 2. The highest BCUT2D eigenvalue weighted by atomic mass is 19.1. The van der Waals surface area contributed by atoms with Crippen LogP contribution in [-0.2, 0) is 4.74 Å². The zero-order valence-corrected chi connectivity index (χ0v) is 9.65. The molecule has 0 aliphatic carbocycles. The molecule has 2 rings (SSSR count). The summed E-state index contributed by atoms with van der Waals surface area (Å²) in [5.41, 5.74) is 0.846. The van der Waals surface area contributed by atoms with E-state index >= 15 is 0 Å². The largest absolute Gasteiger partial charge is 0.453 e. The highest BCUT2D eigenvalue weighted by Crippen LogP contribution is 2.20. The zero-order chi connectivity index (χ0) is 12.3. The van der Waals surface area contributed by atoms with E-state index in [-0.39, 0.29) is 11.9 Å². The van der Waals surface area contributed by atoms with Crippen molar-refractivity contribution in [1.82, 2.24) is 5.32 Å². The van der Waals surface area contributed by atoms with Gasteiger partial charge in [-0.05, 0) is 24.6 Å². The van der Waals surface area contributed by atoms with E-state index in [9.17, 15) is 9.18 Å². The maximum absolute atomic E-state index is 13.1. The first-order valence-electron chi connectivity index (χ1n) is 5.54. The van der Waals surface area contributed by atoms with Crippen LogP contribution in [0.1, 0.15) is 6.42 Å². The Morgan fingerprint density at radius 1 is 1.59 bits per heavy atom. The molecular weight excluding hydrogens is 223 g/mol. The van der Waals surface area contributed by atoms with Crippen molar-refractivity contribution in [2.75, 3.05) is 25.1 Å². The van der Waals surface area contributed by atoms with Crippen LogP contribution in [0.15, 0.2) is 24.3 Å². The van der Waals surface area contributed by atoms with E-state index < -0.39 is 6.09 Å². The zero-order valence-electron chi connectivity index (χ0n) is 9.65. The van der Waals surface area contributed by atoms with Gasteiger partial charge in [0.1, 0.15) is 5.82 Å². The minimum Gasteiger partial charge on any atom is -0.453 e. The van der Waals surface area contributed by atoms with Gasteiger partial charge in [-0.2, -0.15) is 0 Å². The Labute approximate surface area is 99.4 Å². The van der Waals surface area contributed by atoms with Crippen molar-refractivity contribution in [3.8, 4) is 0 Å². The van der Waals surface area contributed by atoms with E-state index in [4.69, 9.17) is 0 Å². The predicted octanol–water partition coefficient (Wildman–Crippen LogP) is 1.76. The highest BCUT2D eigenvalue weighted by molar-refractivity contribution is 5.67. The highest BCUT2D eigenvalue weighted by Gasteiger charge is 2.24. The summed E-state index contributed by atoms with van der Waals surface area (Å²) in [4.78, 5) is 13.1. The van der Waals surface area contributed by atoms with Crippen molar-refractivity contribution >= 4 is 11.8 Å². The number of ether oxygens (including phenoxy) is 1. The van der Waals surface area contributed by atoms with Gasteiger partial charge in [0.2, 0.25) is 0 Å². The number of carbonyl (C=O) groups excluding carboxylic acids is 1. The van der Waals surface area contributed by atoms with Crippen molar-refractivity contribution < 1.29 is 13.9 Å². The SMILES string of the molecule is COC(=O)NC1CCN(c2cccc(F)c2)C1. The topological polar surface area (TPSA) is 41.6 Å². The molecule has 0 aromatic heterocycles. The minimum absolute atomic E-state index is 0.0608. The predicted molar refractivity (Wildman–Crippen MR) is 62.6 cm³/mol. The number of hydrogen-bond donors (Lipinski definition) is 1. The second-order valence-electron chi connectivity index (χ2n) is 4.05. The van der Waals surface area contributed by atoms with Gasteiger partial charge in [0.15, 0.2) is 0 Å². The quantitative estimate of drug-likeness (QED) is 0.853. The number of carbonyl (C=O) groups is 1. The van der Waals surface area contributed by atoms with E-state index in [1.54, 1.807) is 6.07 Å². The van der Waals surface area contributed by atoms with E-state index in [2.05, 4.69) is 10.1 Å². The molecule has 17 heavy (non-hydrogen) atoms. The minimum atomic E-state index is -0.420. The smallest absolute Gasteiger partial charge is 0.407 e. The average Bonchev–Trinajstić information content (AvgIpc) is 2.77. The number of nitrogens with zero attached hydrogens (tertiary/aromatic N) is 1. The van der Waals surface area contributed by atoms with Crippen LogP contribution in [0.4, 0.5) is 14.9 Å². The van der Waals surface area contributed by atoms with Gasteiger partial charge in [-0.15, -0.1) is 0 Å².